The predicted octanol–water partition coefficient (Wildman–Crippen LogP) is 15.3. The van der Waals surface area contributed by atoms with Crippen molar-refractivity contribution in [1.82, 2.24) is 0 Å². The average molecular weight is 797 g/mol. The van der Waals surface area contributed by atoms with Crippen LogP contribution >= 0.6 is 0 Å². The van der Waals surface area contributed by atoms with Crippen molar-refractivity contribution in [2.24, 2.45) is 0 Å². The van der Waals surface area contributed by atoms with Crippen molar-refractivity contribution in [3.8, 4) is 0 Å². The molecule has 0 saturated heterocycles. The van der Waals surface area contributed by atoms with Gasteiger partial charge in [0.15, 0.2) is 6.10 Å². The van der Waals surface area contributed by atoms with Crippen LogP contribution in [0.15, 0.2) is 60.8 Å². The summed E-state index contributed by atoms with van der Waals surface area (Å²) >= 11 is 0. The Morgan fingerprint density at radius 3 is 1.09 bits per heavy atom. The Bertz CT molecular complexity index is 1050. The Kier molecular flexibility index (Phi) is 43.5. The summed E-state index contributed by atoms with van der Waals surface area (Å²) in [5.41, 5.74) is 0. The van der Waals surface area contributed by atoms with Crippen LogP contribution in [0.5, 0.6) is 0 Å². The van der Waals surface area contributed by atoms with Crippen LogP contribution in [0.25, 0.3) is 0 Å². The molecule has 0 aromatic heterocycles. The van der Waals surface area contributed by atoms with Crippen LogP contribution in [-0.4, -0.2) is 37.2 Å². The summed E-state index contributed by atoms with van der Waals surface area (Å²) in [6.45, 7) is 6.47. The normalized spacial score (nSPS) is 12.5. The lowest BCUT2D eigenvalue weighted by atomic mass is 10.1. The number of rotatable bonds is 42. The first-order valence-corrected chi connectivity index (χ1v) is 23.8. The van der Waals surface area contributed by atoms with Gasteiger partial charge in [-0.05, 0) is 83.5 Å². The Morgan fingerprint density at radius 1 is 0.351 bits per heavy atom. The SMILES string of the molecule is CCC/C=C\C/C=C\CCCCCCCC(=O)OC(COC(=O)CCCCCCCCC)COC(=O)CCCCCCCC/C=C\C/C=C\C/C=C\CCCCC. The lowest BCUT2D eigenvalue weighted by Crippen LogP contribution is -2.30. The number of allylic oxidation sites excluding steroid dienone is 10. The van der Waals surface area contributed by atoms with Crippen molar-refractivity contribution < 1.29 is 28.6 Å². The molecule has 0 spiro atoms. The molecule has 0 amide bonds. The van der Waals surface area contributed by atoms with Gasteiger partial charge >= 0.3 is 17.9 Å². The van der Waals surface area contributed by atoms with Crippen molar-refractivity contribution in [3.63, 3.8) is 0 Å². The standard InChI is InChI=1S/C51H88O6/c1-4-7-10-13-16-18-20-22-23-24-25-26-27-29-30-32-35-38-41-44-50(53)56-47-48(46-55-49(52)43-40-37-34-15-12-9-6-3)57-51(54)45-42-39-36-33-31-28-21-19-17-14-11-8-5-2/h11,14,16,18-19,21-23,25-26,48H,4-10,12-13,15,17,20,24,27-47H2,1-3H3/b14-11-,18-16-,21-19-,23-22-,26-25-. The van der Waals surface area contributed by atoms with Gasteiger partial charge in [0.1, 0.15) is 13.2 Å². The van der Waals surface area contributed by atoms with E-state index in [-0.39, 0.29) is 31.1 Å². The smallest absolute Gasteiger partial charge is 0.306 e. The van der Waals surface area contributed by atoms with E-state index < -0.39 is 6.10 Å². The molecule has 0 heterocycles. The summed E-state index contributed by atoms with van der Waals surface area (Å²) in [5, 5.41) is 0. The van der Waals surface area contributed by atoms with Gasteiger partial charge < -0.3 is 14.2 Å². The third kappa shape index (κ3) is 44.1. The number of hydrogen-bond donors (Lipinski definition) is 0. The summed E-state index contributed by atoms with van der Waals surface area (Å²) in [6.07, 6.45) is 55.0. The molecule has 0 bridgehead atoms. The van der Waals surface area contributed by atoms with Gasteiger partial charge in [-0.1, -0.05) is 184 Å². The third-order valence-electron chi connectivity index (χ3n) is 9.98. The molecule has 1 atom stereocenters. The van der Waals surface area contributed by atoms with E-state index in [1.165, 1.54) is 77.0 Å². The lowest BCUT2D eigenvalue weighted by molar-refractivity contribution is -0.167. The van der Waals surface area contributed by atoms with Crippen LogP contribution in [-0.2, 0) is 28.6 Å². The van der Waals surface area contributed by atoms with E-state index in [0.717, 1.165) is 109 Å². The summed E-state index contributed by atoms with van der Waals surface area (Å²) in [6, 6.07) is 0. The first kappa shape index (κ1) is 54.1. The van der Waals surface area contributed by atoms with Gasteiger partial charge in [0.05, 0.1) is 0 Å². The highest BCUT2D eigenvalue weighted by Gasteiger charge is 2.19. The van der Waals surface area contributed by atoms with Gasteiger partial charge in [0, 0.05) is 19.3 Å². The van der Waals surface area contributed by atoms with Crippen molar-refractivity contribution in [1.29, 1.82) is 0 Å². The molecule has 57 heavy (non-hydrogen) atoms. The van der Waals surface area contributed by atoms with Crippen LogP contribution in [0.1, 0.15) is 226 Å². The van der Waals surface area contributed by atoms with Crippen LogP contribution in [0.4, 0.5) is 0 Å². The number of esters is 3. The maximum atomic E-state index is 12.7. The Balaban J connectivity index is 4.31. The molecule has 328 valence electrons. The van der Waals surface area contributed by atoms with E-state index in [4.69, 9.17) is 14.2 Å². The highest BCUT2D eigenvalue weighted by atomic mass is 16.6. The molecule has 0 aliphatic carbocycles. The summed E-state index contributed by atoms with van der Waals surface area (Å²) in [5.74, 6) is -0.920. The molecule has 0 aromatic carbocycles. The quantitative estimate of drug-likeness (QED) is 0.0265. The summed E-state index contributed by atoms with van der Waals surface area (Å²) in [7, 11) is 0. The zero-order valence-electron chi connectivity index (χ0n) is 37.3. The van der Waals surface area contributed by atoms with Crippen LogP contribution < -0.4 is 0 Å². The molecule has 0 aliphatic heterocycles. The first-order valence-electron chi connectivity index (χ1n) is 23.8. The maximum absolute atomic E-state index is 12.7. The fourth-order valence-corrected chi connectivity index (χ4v) is 6.37. The molecule has 0 fully saturated rings. The van der Waals surface area contributed by atoms with Gasteiger partial charge in [-0.15, -0.1) is 0 Å². The monoisotopic (exact) mass is 797 g/mol. The number of carbonyl (C=O) groups is 3. The molecular weight excluding hydrogens is 709 g/mol. The average Bonchev–Trinajstić information content (AvgIpc) is 3.21. The van der Waals surface area contributed by atoms with Crippen molar-refractivity contribution in [2.75, 3.05) is 13.2 Å². The minimum Gasteiger partial charge on any atom is -0.462 e. The second kappa shape index (κ2) is 45.8. The minimum absolute atomic E-state index is 0.0843. The van der Waals surface area contributed by atoms with Crippen LogP contribution in [0.3, 0.4) is 0 Å². The first-order chi connectivity index (χ1) is 28.0. The van der Waals surface area contributed by atoms with E-state index in [1.54, 1.807) is 0 Å². The third-order valence-corrected chi connectivity index (χ3v) is 9.98. The predicted molar refractivity (Wildman–Crippen MR) is 242 cm³/mol. The fraction of sp³-hybridized carbons (Fsp3) is 0.745. The zero-order valence-corrected chi connectivity index (χ0v) is 37.3. The molecule has 6 heteroatoms. The summed E-state index contributed by atoms with van der Waals surface area (Å²) in [4.78, 5) is 37.7. The van der Waals surface area contributed by atoms with E-state index in [0.29, 0.717) is 19.3 Å². The number of ether oxygens (including phenoxy) is 3. The van der Waals surface area contributed by atoms with Gasteiger partial charge in [-0.2, -0.15) is 0 Å². The van der Waals surface area contributed by atoms with Gasteiger partial charge in [-0.25, -0.2) is 0 Å². The van der Waals surface area contributed by atoms with Crippen LogP contribution in [0.2, 0.25) is 0 Å². The molecule has 0 saturated carbocycles. The zero-order chi connectivity index (χ0) is 41.5. The van der Waals surface area contributed by atoms with Gasteiger partial charge in [0.25, 0.3) is 0 Å². The Labute approximate surface area is 351 Å². The topological polar surface area (TPSA) is 78.9 Å². The molecular formula is C51H88O6. The number of unbranched alkanes of at least 4 members (excludes halogenated alkanes) is 21. The second-order valence-corrected chi connectivity index (χ2v) is 15.7. The molecule has 6 nitrogen and oxygen atoms in total. The molecule has 1 unspecified atom stereocenters. The highest BCUT2D eigenvalue weighted by molar-refractivity contribution is 5.71. The number of hydrogen-bond acceptors (Lipinski definition) is 6. The van der Waals surface area contributed by atoms with Gasteiger partial charge in [-0.3, -0.25) is 14.4 Å². The van der Waals surface area contributed by atoms with Gasteiger partial charge in [0.2, 0.25) is 0 Å². The molecule has 0 radical (unpaired) electrons. The Morgan fingerprint density at radius 2 is 0.667 bits per heavy atom. The second-order valence-electron chi connectivity index (χ2n) is 15.7. The molecule has 0 N–H and O–H groups in total. The lowest BCUT2D eigenvalue weighted by Gasteiger charge is -2.18. The largest absolute Gasteiger partial charge is 0.462 e. The molecule has 0 rings (SSSR count). The maximum Gasteiger partial charge on any atom is 0.306 e. The van der Waals surface area contributed by atoms with E-state index in [2.05, 4.69) is 81.5 Å². The van der Waals surface area contributed by atoms with E-state index in [1.807, 2.05) is 0 Å². The molecule has 0 aromatic rings. The highest BCUT2D eigenvalue weighted by Crippen LogP contribution is 2.13. The summed E-state index contributed by atoms with van der Waals surface area (Å²) < 4.78 is 16.7. The minimum atomic E-state index is -0.782. The van der Waals surface area contributed by atoms with Crippen molar-refractivity contribution in [3.05, 3.63) is 60.8 Å². The van der Waals surface area contributed by atoms with Crippen molar-refractivity contribution in [2.45, 2.75) is 232 Å². The van der Waals surface area contributed by atoms with E-state index >= 15 is 0 Å². The van der Waals surface area contributed by atoms with Crippen LogP contribution in [0, 0.1) is 0 Å². The fourth-order valence-electron chi connectivity index (χ4n) is 6.37. The number of carbonyl (C=O) groups excluding carboxylic acids is 3. The Hall–Kier alpha value is -2.89. The van der Waals surface area contributed by atoms with Crippen molar-refractivity contribution >= 4 is 17.9 Å². The molecule has 0 aliphatic rings. The van der Waals surface area contributed by atoms with E-state index in [9.17, 15) is 14.4 Å².